The van der Waals surface area contributed by atoms with Crippen LogP contribution in [-0.4, -0.2) is 40.8 Å². The lowest BCUT2D eigenvalue weighted by Gasteiger charge is -2.41. The van der Waals surface area contributed by atoms with Crippen LogP contribution in [0.5, 0.6) is 5.75 Å². The quantitative estimate of drug-likeness (QED) is 0.215. The first-order valence-electron chi connectivity index (χ1n) is 13.1. The van der Waals surface area contributed by atoms with Gasteiger partial charge in [-0.05, 0) is 63.4 Å². The fourth-order valence-corrected chi connectivity index (χ4v) is 5.31. The lowest BCUT2D eigenvalue weighted by atomic mass is 9.84. The number of allylic oxidation sites excluding steroid dienone is 5. The molecule has 2 aromatic rings. The minimum atomic E-state index is -0.836. The Balaban J connectivity index is 1.60. The van der Waals surface area contributed by atoms with Crippen LogP contribution in [0.1, 0.15) is 50.7 Å². The van der Waals surface area contributed by atoms with Crippen molar-refractivity contribution >= 4 is 34.6 Å². The molecule has 0 atom stereocenters. The molecule has 0 unspecified atom stereocenters. The van der Waals surface area contributed by atoms with Crippen LogP contribution < -0.4 is 10.5 Å². The van der Waals surface area contributed by atoms with Crippen molar-refractivity contribution in [1.29, 1.82) is 10.7 Å². The van der Waals surface area contributed by atoms with Crippen molar-refractivity contribution in [2.24, 2.45) is 0 Å². The second-order valence-electron chi connectivity index (χ2n) is 10.1. The zero-order valence-corrected chi connectivity index (χ0v) is 24.1. The van der Waals surface area contributed by atoms with Crippen LogP contribution in [-0.2, 0) is 11.3 Å². The highest BCUT2D eigenvalue weighted by Crippen LogP contribution is 2.35. The third-order valence-corrected chi connectivity index (χ3v) is 8.17. The van der Waals surface area contributed by atoms with Crippen LogP contribution in [0, 0.1) is 22.7 Å². The molecule has 7 nitrogen and oxygen atoms in total. The largest absolute Gasteiger partial charge is 0.493 e. The van der Waals surface area contributed by atoms with E-state index in [0.717, 1.165) is 50.9 Å². The van der Waals surface area contributed by atoms with Crippen molar-refractivity contribution in [2.45, 2.75) is 51.7 Å². The van der Waals surface area contributed by atoms with Crippen molar-refractivity contribution < 1.29 is 13.9 Å². The summed E-state index contributed by atoms with van der Waals surface area (Å²) in [6, 6.07) is 7.10. The maximum absolute atomic E-state index is 13.8. The molecule has 0 saturated carbocycles. The third-order valence-electron chi connectivity index (χ3n) is 7.46. The summed E-state index contributed by atoms with van der Waals surface area (Å²) >= 11 is 12.1. The monoisotopic (exact) mass is 583 g/mol. The smallest absolute Gasteiger partial charge is 0.232 e. The van der Waals surface area contributed by atoms with Gasteiger partial charge in [-0.25, -0.2) is 4.98 Å². The van der Waals surface area contributed by atoms with E-state index in [4.69, 9.17) is 43.8 Å². The molecular formula is C30H32Cl2FN5O2. The summed E-state index contributed by atoms with van der Waals surface area (Å²) in [5.74, 6) is -0.448. The summed E-state index contributed by atoms with van der Waals surface area (Å²) in [6.07, 6.45) is 9.73. The Morgan fingerprint density at radius 3 is 2.73 bits per heavy atom. The van der Waals surface area contributed by atoms with Gasteiger partial charge in [0.1, 0.15) is 35.3 Å². The van der Waals surface area contributed by atoms with Crippen LogP contribution in [0.25, 0.3) is 0 Å². The van der Waals surface area contributed by atoms with Crippen LogP contribution >= 0.6 is 23.2 Å². The Hall–Kier alpha value is -3.38. The Morgan fingerprint density at radius 1 is 1.27 bits per heavy atom. The fourth-order valence-electron chi connectivity index (χ4n) is 4.86. The second kappa shape index (κ2) is 12.9. The summed E-state index contributed by atoms with van der Waals surface area (Å²) < 4.78 is 26.0. The number of pyridine rings is 1. The number of halogens is 3. The number of aromatic nitrogens is 1. The minimum Gasteiger partial charge on any atom is -0.493 e. The van der Waals surface area contributed by atoms with E-state index in [2.05, 4.69) is 22.9 Å². The van der Waals surface area contributed by atoms with Gasteiger partial charge >= 0.3 is 0 Å². The molecule has 210 valence electrons. The van der Waals surface area contributed by atoms with Crippen LogP contribution in [0.2, 0.25) is 10.0 Å². The summed E-state index contributed by atoms with van der Waals surface area (Å²) in [5, 5.41) is 18.8. The summed E-state index contributed by atoms with van der Waals surface area (Å²) in [6.45, 7) is 7.03. The molecule has 1 fully saturated rings. The van der Waals surface area contributed by atoms with Crippen molar-refractivity contribution in [3.63, 3.8) is 0 Å². The van der Waals surface area contributed by atoms with Gasteiger partial charge in [0.2, 0.25) is 5.95 Å². The van der Waals surface area contributed by atoms with Gasteiger partial charge in [0.25, 0.3) is 0 Å². The molecule has 2 aliphatic heterocycles. The number of nitrogen functional groups attached to an aromatic ring is 1. The number of nitriles is 1. The molecule has 3 N–H and O–H groups in total. The Morgan fingerprint density at radius 2 is 2.02 bits per heavy atom. The molecule has 40 heavy (non-hydrogen) atoms. The van der Waals surface area contributed by atoms with Crippen molar-refractivity contribution in [3.05, 3.63) is 86.6 Å². The number of piperidine rings is 1. The summed E-state index contributed by atoms with van der Waals surface area (Å²) in [5.41, 5.74) is 9.06. The van der Waals surface area contributed by atoms with Gasteiger partial charge in [-0.15, -0.1) is 0 Å². The predicted octanol–water partition coefficient (Wildman–Crippen LogP) is 7.00. The number of nitrogens with two attached hydrogens (primary N) is 1. The Bertz CT molecular complexity index is 1420. The van der Waals surface area contributed by atoms with Crippen LogP contribution in [0.3, 0.4) is 0 Å². The fraction of sp³-hybridized carbons (Fsp3) is 0.367. The standard InChI is InChI=1S/C30H32Cl2FN5O2/c1-3-38-10-8-30(9-11-38)7-6-19(2)12-21(13-20(15-34)17-40-30)28(36)23-14-22(4-5-26(23)35)39-18-24-25(31)16-37-29(33)27(24)32/h4-5,12-14,16-17,36H,3,6-11,18,35H2,1-2H3/b19-12+,20-17-,21-13+,36-28?. The van der Waals surface area contributed by atoms with Gasteiger partial charge in [0, 0.05) is 41.7 Å². The lowest BCUT2D eigenvalue weighted by molar-refractivity contribution is -0.0384. The highest BCUT2D eigenvalue weighted by molar-refractivity contribution is 6.35. The molecule has 1 saturated heterocycles. The number of hydrogen-bond acceptors (Lipinski definition) is 7. The lowest BCUT2D eigenvalue weighted by Crippen LogP contribution is -2.45. The zero-order valence-electron chi connectivity index (χ0n) is 22.6. The van der Waals surface area contributed by atoms with E-state index in [1.54, 1.807) is 24.3 Å². The number of benzene rings is 1. The van der Waals surface area contributed by atoms with Gasteiger partial charge in [-0.1, -0.05) is 41.8 Å². The maximum atomic E-state index is 13.8. The second-order valence-corrected chi connectivity index (χ2v) is 10.9. The van der Waals surface area contributed by atoms with Crippen molar-refractivity contribution in [2.75, 3.05) is 25.4 Å². The van der Waals surface area contributed by atoms with Gasteiger partial charge in [-0.2, -0.15) is 9.65 Å². The van der Waals surface area contributed by atoms with Gasteiger partial charge < -0.3 is 20.1 Å². The average Bonchev–Trinajstić information content (AvgIpc) is 2.96. The first-order valence-corrected chi connectivity index (χ1v) is 13.9. The van der Waals surface area contributed by atoms with Crippen molar-refractivity contribution in [3.8, 4) is 11.8 Å². The van der Waals surface area contributed by atoms with E-state index >= 15 is 0 Å². The number of anilines is 1. The molecule has 0 amide bonds. The van der Waals surface area contributed by atoms with E-state index in [0.29, 0.717) is 28.1 Å². The van der Waals surface area contributed by atoms with E-state index in [9.17, 15) is 9.65 Å². The van der Waals surface area contributed by atoms with E-state index in [1.807, 2.05) is 13.0 Å². The molecule has 0 radical (unpaired) electrons. The first kappa shape index (κ1) is 29.6. The molecule has 4 rings (SSSR count). The minimum absolute atomic E-state index is 0.105. The van der Waals surface area contributed by atoms with Crippen LogP contribution in [0.4, 0.5) is 10.1 Å². The van der Waals surface area contributed by atoms with E-state index in [1.165, 1.54) is 12.5 Å². The predicted molar refractivity (Wildman–Crippen MR) is 156 cm³/mol. The first-order chi connectivity index (χ1) is 19.1. The Kier molecular flexibility index (Phi) is 9.52. The normalized spacial score (nSPS) is 21.6. The summed E-state index contributed by atoms with van der Waals surface area (Å²) in [7, 11) is 0. The Labute approximate surface area is 244 Å². The molecule has 0 aliphatic carbocycles. The average molecular weight is 585 g/mol. The van der Waals surface area contributed by atoms with Gasteiger partial charge in [0.05, 0.1) is 16.3 Å². The summed E-state index contributed by atoms with van der Waals surface area (Å²) in [4.78, 5) is 5.90. The SMILES string of the molecule is CCN1CCC2(CC/C(C)=C/C(C(=N)c3cc(OCc4c(Cl)cnc(F)c4Cl)ccc3N)=C\C(C#N)=C\O2)CC1. The third kappa shape index (κ3) is 6.84. The number of nitrogens with zero attached hydrogens (tertiary/aromatic N) is 3. The number of hydrogen-bond donors (Lipinski definition) is 2. The molecule has 0 bridgehead atoms. The van der Waals surface area contributed by atoms with Crippen LogP contribution in [0.15, 0.2) is 59.5 Å². The molecule has 1 aromatic heterocycles. The number of ether oxygens (including phenoxy) is 2. The van der Waals surface area contributed by atoms with E-state index < -0.39 is 5.95 Å². The van der Waals surface area contributed by atoms with E-state index in [-0.39, 0.29) is 33.5 Å². The maximum Gasteiger partial charge on any atom is 0.232 e. The topological polar surface area (TPSA) is 108 Å². The zero-order chi connectivity index (χ0) is 28.9. The molecule has 1 aromatic carbocycles. The molecular weight excluding hydrogens is 552 g/mol. The molecule has 10 heteroatoms. The molecule has 3 heterocycles. The number of rotatable bonds is 6. The van der Waals surface area contributed by atoms with Gasteiger partial charge in [-0.3, -0.25) is 5.41 Å². The highest BCUT2D eigenvalue weighted by Gasteiger charge is 2.35. The molecule has 2 aliphatic rings. The van der Waals surface area contributed by atoms with Crippen molar-refractivity contribution in [1.82, 2.24) is 9.88 Å². The molecule has 1 spiro atoms. The highest BCUT2D eigenvalue weighted by atomic mass is 35.5. The number of nitrogens with one attached hydrogen (secondary N) is 1. The number of likely N-dealkylation sites (tertiary alicyclic amines) is 1. The van der Waals surface area contributed by atoms with Gasteiger partial charge in [0.15, 0.2) is 0 Å².